The van der Waals surface area contributed by atoms with Crippen LogP contribution in [0.3, 0.4) is 0 Å². The lowest BCUT2D eigenvalue weighted by atomic mass is 10.4. The Bertz CT molecular complexity index is 194. The molecule has 0 aliphatic rings. The number of nitrogens with zero attached hydrogens (tertiary/aromatic N) is 1. The Labute approximate surface area is 84.8 Å². The average molecular weight is 201 g/mol. The molecule has 0 saturated carbocycles. The van der Waals surface area contributed by atoms with E-state index in [9.17, 15) is 9.59 Å². The minimum atomic E-state index is -0.182. The van der Waals surface area contributed by atoms with E-state index in [1.54, 1.807) is 7.05 Å². The summed E-state index contributed by atoms with van der Waals surface area (Å²) in [5.74, 6) is -0.154. The summed E-state index contributed by atoms with van der Waals surface area (Å²) in [6, 6.07) is -0.182. The molecule has 82 valence electrons. The van der Waals surface area contributed by atoms with Gasteiger partial charge < -0.3 is 15.5 Å². The highest BCUT2D eigenvalue weighted by Crippen LogP contribution is 1.89. The number of carbonyl (C=O) groups excluding carboxylic acids is 2. The van der Waals surface area contributed by atoms with Crippen LogP contribution in [-0.4, -0.2) is 43.5 Å². The van der Waals surface area contributed by atoms with Gasteiger partial charge in [0.2, 0.25) is 5.91 Å². The summed E-state index contributed by atoms with van der Waals surface area (Å²) < 4.78 is 0. The lowest BCUT2D eigenvalue weighted by molar-refractivity contribution is -0.121. The molecule has 0 radical (unpaired) electrons. The molecule has 0 aromatic rings. The number of nitrogens with one attached hydrogen (secondary N) is 2. The Kier molecular flexibility index (Phi) is 6.53. The summed E-state index contributed by atoms with van der Waals surface area (Å²) in [6.07, 6.45) is 0.892. The minimum Gasteiger partial charge on any atom is -0.358 e. The van der Waals surface area contributed by atoms with Crippen LogP contribution in [0, 0.1) is 0 Å². The van der Waals surface area contributed by atoms with Crippen molar-refractivity contribution >= 4 is 11.9 Å². The number of hydrogen-bond acceptors (Lipinski definition) is 2. The molecule has 0 fully saturated rings. The molecule has 0 bridgehead atoms. The second kappa shape index (κ2) is 7.17. The molecule has 0 spiro atoms. The van der Waals surface area contributed by atoms with Gasteiger partial charge in [-0.05, 0) is 13.3 Å². The Morgan fingerprint density at radius 2 is 1.93 bits per heavy atom. The SMILES string of the molecule is CCCNC(=O)N(CC)CC(=O)NC. The summed E-state index contributed by atoms with van der Waals surface area (Å²) in [6.45, 7) is 5.11. The van der Waals surface area contributed by atoms with E-state index in [0.717, 1.165) is 6.42 Å². The number of rotatable bonds is 5. The molecule has 3 amide bonds. The third kappa shape index (κ3) is 4.69. The highest BCUT2D eigenvalue weighted by atomic mass is 16.2. The van der Waals surface area contributed by atoms with Crippen LogP contribution < -0.4 is 10.6 Å². The zero-order valence-corrected chi connectivity index (χ0v) is 9.09. The summed E-state index contributed by atoms with van der Waals surface area (Å²) in [7, 11) is 1.56. The third-order valence-electron chi connectivity index (χ3n) is 1.81. The maximum atomic E-state index is 11.4. The molecule has 0 heterocycles. The lowest BCUT2D eigenvalue weighted by Gasteiger charge is -2.20. The van der Waals surface area contributed by atoms with Crippen molar-refractivity contribution in [3.63, 3.8) is 0 Å². The fourth-order valence-electron chi connectivity index (χ4n) is 0.923. The van der Waals surface area contributed by atoms with Crippen LogP contribution in [0.5, 0.6) is 0 Å². The molecule has 0 atom stereocenters. The van der Waals surface area contributed by atoms with Crippen LogP contribution in [0.15, 0.2) is 0 Å². The molecule has 0 aromatic carbocycles. The normalized spacial score (nSPS) is 9.36. The van der Waals surface area contributed by atoms with E-state index in [1.807, 2.05) is 13.8 Å². The van der Waals surface area contributed by atoms with Gasteiger partial charge >= 0.3 is 6.03 Å². The van der Waals surface area contributed by atoms with Gasteiger partial charge in [0.05, 0.1) is 0 Å². The molecule has 5 nitrogen and oxygen atoms in total. The monoisotopic (exact) mass is 201 g/mol. The van der Waals surface area contributed by atoms with Gasteiger partial charge in [0.15, 0.2) is 0 Å². The molecule has 5 heteroatoms. The molecular formula is C9H19N3O2. The molecule has 2 N–H and O–H groups in total. The number of hydrogen-bond donors (Lipinski definition) is 2. The summed E-state index contributed by atoms with van der Waals surface area (Å²) in [4.78, 5) is 23.9. The largest absolute Gasteiger partial charge is 0.358 e. The van der Waals surface area contributed by atoms with Gasteiger partial charge in [-0.25, -0.2) is 4.79 Å². The number of amides is 3. The topological polar surface area (TPSA) is 61.4 Å². The van der Waals surface area contributed by atoms with Crippen molar-refractivity contribution in [3.05, 3.63) is 0 Å². The molecule has 0 aromatic heterocycles. The van der Waals surface area contributed by atoms with E-state index in [0.29, 0.717) is 13.1 Å². The predicted octanol–water partition coefficient (Wildman–Crippen LogP) is 0.174. The second-order valence-electron chi connectivity index (χ2n) is 2.92. The lowest BCUT2D eigenvalue weighted by Crippen LogP contribution is -2.45. The summed E-state index contributed by atoms with van der Waals surface area (Å²) >= 11 is 0. The molecule has 0 unspecified atom stereocenters. The molecule has 14 heavy (non-hydrogen) atoms. The smallest absolute Gasteiger partial charge is 0.317 e. The van der Waals surface area contributed by atoms with Crippen molar-refractivity contribution in [1.29, 1.82) is 0 Å². The zero-order valence-electron chi connectivity index (χ0n) is 9.09. The maximum Gasteiger partial charge on any atom is 0.317 e. The molecule has 0 aliphatic carbocycles. The fourth-order valence-corrected chi connectivity index (χ4v) is 0.923. The fraction of sp³-hybridized carbons (Fsp3) is 0.778. The minimum absolute atomic E-state index is 0.114. The van der Waals surface area contributed by atoms with Crippen molar-refractivity contribution in [3.8, 4) is 0 Å². The number of carbonyl (C=O) groups is 2. The van der Waals surface area contributed by atoms with Gasteiger partial charge in [-0.15, -0.1) is 0 Å². The molecule has 0 aliphatic heterocycles. The molecule has 0 rings (SSSR count). The first-order valence-corrected chi connectivity index (χ1v) is 4.89. The van der Waals surface area contributed by atoms with Gasteiger partial charge in [-0.3, -0.25) is 4.79 Å². The van der Waals surface area contributed by atoms with Crippen molar-refractivity contribution in [2.24, 2.45) is 0 Å². The standard InChI is InChI=1S/C9H19N3O2/c1-4-6-11-9(14)12(5-2)7-8(13)10-3/h4-7H2,1-3H3,(H,10,13)(H,11,14). The van der Waals surface area contributed by atoms with Crippen LogP contribution in [0.25, 0.3) is 0 Å². The van der Waals surface area contributed by atoms with E-state index >= 15 is 0 Å². The van der Waals surface area contributed by atoms with E-state index in [4.69, 9.17) is 0 Å². The van der Waals surface area contributed by atoms with Crippen molar-refractivity contribution < 1.29 is 9.59 Å². The van der Waals surface area contributed by atoms with Gasteiger partial charge in [-0.2, -0.15) is 0 Å². The number of urea groups is 1. The predicted molar refractivity (Wildman–Crippen MR) is 55.0 cm³/mol. The number of likely N-dealkylation sites (N-methyl/N-ethyl adjacent to an activating group) is 2. The average Bonchev–Trinajstić information content (AvgIpc) is 2.21. The van der Waals surface area contributed by atoms with E-state index in [2.05, 4.69) is 10.6 Å². The first-order valence-electron chi connectivity index (χ1n) is 4.89. The summed E-state index contributed by atoms with van der Waals surface area (Å²) in [5.41, 5.74) is 0. The highest BCUT2D eigenvalue weighted by Gasteiger charge is 2.13. The Morgan fingerprint density at radius 3 is 2.36 bits per heavy atom. The van der Waals surface area contributed by atoms with Gasteiger partial charge in [0, 0.05) is 20.1 Å². The zero-order chi connectivity index (χ0) is 11.0. The van der Waals surface area contributed by atoms with Crippen LogP contribution in [0.2, 0.25) is 0 Å². The van der Waals surface area contributed by atoms with E-state index in [1.165, 1.54) is 4.90 Å². The van der Waals surface area contributed by atoms with Crippen LogP contribution in [0.4, 0.5) is 4.79 Å². The van der Waals surface area contributed by atoms with Crippen molar-refractivity contribution in [2.45, 2.75) is 20.3 Å². The van der Waals surface area contributed by atoms with E-state index in [-0.39, 0.29) is 18.5 Å². The molecular weight excluding hydrogens is 182 g/mol. The highest BCUT2D eigenvalue weighted by molar-refractivity contribution is 5.83. The third-order valence-corrected chi connectivity index (χ3v) is 1.81. The van der Waals surface area contributed by atoms with Crippen molar-refractivity contribution in [2.75, 3.05) is 26.7 Å². The maximum absolute atomic E-state index is 11.4. The second-order valence-corrected chi connectivity index (χ2v) is 2.92. The van der Waals surface area contributed by atoms with Crippen LogP contribution >= 0.6 is 0 Å². The Morgan fingerprint density at radius 1 is 1.29 bits per heavy atom. The van der Waals surface area contributed by atoms with Gasteiger partial charge in [-0.1, -0.05) is 6.92 Å². The Balaban J connectivity index is 3.98. The van der Waals surface area contributed by atoms with Crippen LogP contribution in [0.1, 0.15) is 20.3 Å². The van der Waals surface area contributed by atoms with Crippen molar-refractivity contribution in [1.82, 2.24) is 15.5 Å². The van der Waals surface area contributed by atoms with Crippen LogP contribution in [-0.2, 0) is 4.79 Å². The first kappa shape index (κ1) is 12.7. The van der Waals surface area contributed by atoms with Gasteiger partial charge in [0.1, 0.15) is 6.54 Å². The van der Waals surface area contributed by atoms with Gasteiger partial charge in [0.25, 0.3) is 0 Å². The quantitative estimate of drug-likeness (QED) is 0.666. The Hall–Kier alpha value is -1.26. The molecule has 0 saturated heterocycles. The first-order chi connectivity index (χ1) is 6.65. The summed E-state index contributed by atoms with van der Waals surface area (Å²) in [5, 5.41) is 5.20. The van der Waals surface area contributed by atoms with E-state index < -0.39 is 0 Å².